The van der Waals surface area contributed by atoms with Gasteiger partial charge in [-0.3, -0.25) is 4.79 Å². The van der Waals surface area contributed by atoms with Crippen molar-refractivity contribution in [2.45, 2.75) is 13.0 Å². The summed E-state index contributed by atoms with van der Waals surface area (Å²) in [5, 5.41) is 2.66. The van der Waals surface area contributed by atoms with E-state index in [9.17, 15) is 4.79 Å². The normalized spacial score (nSPS) is 12.3. The Labute approximate surface area is 96.8 Å². The first kappa shape index (κ1) is 12.2. The van der Waals surface area contributed by atoms with Gasteiger partial charge < -0.3 is 10.1 Å². The van der Waals surface area contributed by atoms with Crippen LogP contribution in [-0.2, 0) is 9.53 Å². The van der Waals surface area contributed by atoms with Crippen molar-refractivity contribution in [3.05, 3.63) is 16.6 Å². The monoisotopic (exact) mass is 249 g/mol. The topological polar surface area (TPSA) is 64.1 Å². The third kappa shape index (κ3) is 3.02. The Kier molecular flexibility index (Phi) is 4.26. The summed E-state index contributed by atoms with van der Waals surface area (Å²) in [6.45, 7) is 1.60. The van der Waals surface area contributed by atoms with Gasteiger partial charge in [-0.15, -0.1) is 0 Å². The minimum atomic E-state index is -0.600. The van der Waals surface area contributed by atoms with E-state index in [1.165, 1.54) is 13.4 Å². The molecule has 0 bridgehead atoms. The quantitative estimate of drug-likeness (QED) is 0.830. The zero-order chi connectivity index (χ0) is 11.4. The van der Waals surface area contributed by atoms with Crippen LogP contribution in [0.15, 0.2) is 6.33 Å². The lowest BCUT2D eigenvalue weighted by molar-refractivity contribution is -0.124. The summed E-state index contributed by atoms with van der Waals surface area (Å²) in [7, 11) is 1.43. The zero-order valence-corrected chi connectivity index (χ0v) is 9.63. The number of nitrogens with zero attached hydrogens (tertiary/aromatic N) is 2. The van der Waals surface area contributed by atoms with Gasteiger partial charge >= 0.3 is 0 Å². The smallest absolute Gasteiger partial charge is 0.253 e. The maximum Gasteiger partial charge on any atom is 0.253 e. The second-order valence-corrected chi connectivity index (χ2v) is 3.41. The molecule has 7 heteroatoms. The predicted octanol–water partition coefficient (Wildman–Crippen LogP) is 1.76. The third-order valence-electron chi connectivity index (χ3n) is 1.73. The van der Waals surface area contributed by atoms with Crippen molar-refractivity contribution in [3.8, 4) is 0 Å². The van der Waals surface area contributed by atoms with E-state index in [1.54, 1.807) is 6.92 Å². The summed E-state index contributed by atoms with van der Waals surface area (Å²) < 4.78 is 4.82. The van der Waals surface area contributed by atoms with Gasteiger partial charge in [0, 0.05) is 7.11 Å². The summed E-state index contributed by atoms with van der Waals surface area (Å²) >= 11 is 11.5. The van der Waals surface area contributed by atoms with E-state index in [4.69, 9.17) is 27.9 Å². The van der Waals surface area contributed by atoms with E-state index in [0.717, 1.165) is 0 Å². The molecule has 0 aliphatic carbocycles. The number of halogens is 2. The molecule has 0 spiro atoms. The summed E-state index contributed by atoms with van der Waals surface area (Å²) in [5.74, 6) is -0.365. The van der Waals surface area contributed by atoms with Gasteiger partial charge in [0.1, 0.15) is 18.1 Å². The van der Waals surface area contributed by atoms with E-state index in [1.807, 2.05) is 0 Å². The number of hydrogen-bond acceptors (Lipinski definition) is 4. The molecule has 15 heavy (non-hydrogen) atoms. The van der Waals surface area contributed by atoms with Crippen molar-refractivity contribution < 1.29 is 9.53 Å². The van der Waals surface area contributed by atoms with E-state index in [-0.39, 0.29) is 21.9 Å². The number of aromatic nitrogens is 2. The molecule has 1 amide bonds. The van der Waals surface area contributed by atoms with Crippen LogP contribution in [0, 0.1) is 0 Å². The summed E-state index contributed by atoms with van der Waals surface area (Å²) in [5.41, 5.74) is 0.190. The Morgan fingerprint density at radius 1 is 1.47 bits per heavy atom. The average molecular weight is 250 g/mol. The molecule has 0 aliphatic rings. The number of anilines is 1. The first-order valence-electron chi connectivity index (χ1n) is 4.06. The lowest BCUT2D eigenvalue weighted by Gasteiger charge is -2.11. The Balaban J connectivity index is 2.85. The van der Waals surface area contributed by atoms with Crippen molar-refractivity contribution in [1.82, 2.24) is 9.97 Å². The van der Waals surface area contributed by atoms with Gasteiger partial charge in [0.05, 0.1) is 0 Å². The molecule has 1 N–H and O–H groups in total. The van der Waals surface area contributed by atoms with Gasteiger partial charge in [-0.1, -0.05) is 23.2 Å². The van der Waals surface area contributed by atoms with E-state index >= 15 is 0 Å². The van der Waals surface area contributed by atoms with E-state index in [2.05, 4.69) is 15.3 Å². The molecule has 1 aromatic heterocycles. The molecule has 1 heterocycles. The first-order valence-corrected chi connectivity index (χ1v) is 4.81. The van der Waals surface area contributed by atoms with E-state index in [0.29, 0.717) is 0 Å². The Morgan fingerprint density at radius 2 is 2.00 bits per heavy atom. The summed E-state index contributed by atoms with van der Waals surface area (Å²) in [6, 6.07) is 0. The molecule has 0 aromatic carbocycles. The fraction of sp³-hybridized carbons (Fsp3) is 0.375. The molecule has 0 fully saturated rings. The van der Waals surface area contributed by atoms with Crippen LogP contribution < -0.4 is 5.32 Å². The van der Waals surface area contributed by atoms with Crippen LogP contribution >= 0.6 is 23.2 Å². The van der Waals surface area contributed by atoms with Gasteiger partial charge in [-0.2, -0.15) is 0 Å². The molecular weight excluding hydrogens is 241 g/mol. The molecule has 0 aliphatic heterocycles. The van der Waals surface area contributed by atoms with E-state index < -0.39 is 6.10 Å². The molecule has 0 saturated heterocycles. The Morgan fingerprint density at radius 3 is 2.47 bits per heavy atom. The number of ether oxygens (including phenoxy) is 1. The first-order chi connectivity index (χ1) is 7.06. The standard InChI is InChI=1S/C8H9Cl2N3O2/c1-4(15-2)8(14)13-5-6(9)11-3-12-7(5)10/h3-4H,1-2H3,(H,13,14). The van der Waals surface area contributed by atoms with Crippen LogP contribution in [-0.4, -0.2) is 29.1 Å². The number of carbonyl (C=O) groups excluding carboxylic acids is 1. The number of hydrogen-bond donors (Lipinski definition) is 1. The van der Waals surface area contributed by atoms with Gasteiger partial charge in [0.15, 0.2) is 10.3 Å². The van der Waals surface area contributed by atoms with Crippen molar-refractivity contribution in [2.24, 2.45) is 0 Å². The zero-order valence-electron chi connectivity index (χ0n) is 8.12. The lowest BCUT2D eigenvalue weighted by atomic mass is 10.3. The van der Waals surface area contributed by atoms with Gasteiger partial charge in [-0.25, -0.2) is 9.97 Å². The number of amides is 1. The van der Waals surface area contributed by atoms with Crippen LogP contribution in [0.2, 0.25) is 10.3 Å². The van der Waals surface area contributed by atoms with Gasteiger partial charge in [0.25, 0.3) is 5.91 Å². The fourth-order valence-electron chi connectivity index (χ4n) is 0.779. The summed E-state index contributed by atoms with van der Waals surface area (Å²) in [4.78, 5) is 18.8. The van der Waals surface area contributed by atoms with Crippen molar-refractivity contribution in [1.29, 1.82) is 0 Å². The Hall–Kier alpha value is -0.910. The molecule has 1 aromatic rings. The largest absolute Gasteiger partial charge is 0.372 e. The predicted molar refractivity (Wildman–Crippen MR) is 57.2 cm³/mol. The number of nitrogens with one attached hydrogen (secondary N) is 1. The highest BCUT2D eigenvalue weighted by atomic mass is 35.5. The number of rotatable bonds is 3. The van der Waals surface area contributed by atoms with Gasteiger partial charge in [-0.05, 0) is 6.92 Å². The molecule has 0 saturated carbocycles. The minimum absolute atomic E-state index is 0.0895. The highest BCUT2D eigenvalue weighted by Crippen LogP contribution is 2.25. The van der Waals surface area contributed by atoms with Gasteiger partial charge in [0.2, 0.25) is 0 Å². The molecule has 0 radical (unpaired) electrons. The summed E-state index contributed by atoms with van der Waals surface area (Å²) in [6.07, 6.45) is 0.609. The second-order valence-electron chi connectivity index (χ2n) is 2.70. The van der Waals surface area contributed by atoms with Crippen LogP contribution in [0.1, 0.15) is 6.92 Å². The van der Waals surface area contributed by atoms with Crippen molar-refractivity contribution in [2.75, 3.05) is 12.4 Å². The maximum absolute atomic E-state index is 11.4. The molecule has 1 unspecified atom stereocenters. The second kappa shape index (κ2) is 5.25. The average Bonchev–Trinajstić information content (AvgIpc) is 2.22. The van der Waals surface area contributed by atoms with Crippen LogP contribution in [0.3, 0.4) is 0 Å². The number of methoxy groups -OCH3 is 1. The molecule has 82 valence electrons. The maximum atomic E-state index is 11.4. The lowest BCUT2D eigenvalue weighted by Crippen LogP contribution is -2.27. The van der Waals surface area contributed by atoms with Crippen LogP contribution in [0.5, 0.6) is 0 Å². The Bertz CT molecular complexity index is 353. The third-order valence-corrected chi connectivity index (χ3v) is 2.30. The van der Waals surface area contributed by atoms with Crippen molar-refractivity contribution in [3.63, 3.8) is 0 Å². The fourth-order valence-corrected chi connectivity index (χ4v) is 1.19. The molecule has 5 nitrogen and oxygen atoms in total. The van der Waals surface area contributed by atoms with Crippen molar-refractivity contribution >= 4 is 34.8 Å². The van der Waals surface area contributed by atoms with Crippen LogP contribution in [0.25, 0.3) is 0 Å². The molecule has 1 rings (SSSR count). The molecular formula is C8H9Cl2N3O2. The SMILES string of the molecule is COC(C)C(=O)Nc1c(Cl)ncnc1Cl. The molecule has 1 atom stereocenters. The minimum Gasteiger partial charge on any atom is -0.372 e. The van der Waals surface area contributed by atoms with Crippen LogP contribution in [0.4, 0.5) is 5.69 Å². The highest BCUT2D eigenvalue weighted by molar-refractivity contribution is 6.38. The number of carbonyl (C=O) groups is 1. The highest BCUT2D eigenvalue weighted by Gasteiger charge is 2.16.